The normalized spacial score (nSPS) is 27.7. The fourth-order valence-electron chi connectivity index (χ4n) is 11.7. The molecule has 0 nitrogen and oxygen atoms in total. The average Bonchev–Trinajstić information content (AvgIpc) is 3.26. The highest BCUT2D eigenvalue weighted by Crippen LogP contribution is 2.45. The summed E-state index contributed by atoms with van der Waals surface area (Å²) in [5.74, 6) is 8.39. The van der Waals surface area contributed by atoms with Gasteiger partial charge in [0.2, 0.25) is 0 Å². The van der Waals surface area contributed by atoms with Crippen LogP contribution in [0.5, 0.6) is 0 Å². The maximum absolute atomic E-state index is 2.38. The van der Waals surface area contributed by atoms with E-state index in [0.29, 0.717) is 0 Å². The highest BCUT2D eigenvalue weighted by atomic mass is 14.4. The number of hydrogen-bond donors (Lipinski definition) is 0. The highest BCUT2D eigenvalue weighted by molar-refractivity contribution is 5.63. The van der Waals surface area contributed by atoms with Crippen LogP contribution in [0.25, 0.3) is 11.1 Å². The summed E-state index contributed by atoms with van der Waals surface area (Å²) in [6, 6.07) is 27.1. The number of rotatable bonds is 13. The Hall–Kier alpha value is -2.34. The zero-order valence-corrected chi connectivity index (χ0v) is 38.2. The highest BCUT2D eigenvalue weighted by Gasteiger charge is 2.32. The van der Waals surface area contributed by atoms with Gasteiger partial charge in [-0.05, 0) is 160 Å². The molecule has 4 aliphatic rings. The molecule has 0 saturated heterocycles. The second-order valence-corrected chi connectivity index (χ2v) is 19.9. The van der Waals surface area contributed by atoms with Crippen LogP contribution >= 0.6 is 0 Å². The van der Waals surface area contributed by atoms with Crippen molar-refractivity contribution in [1.82, 2.24) is 0 Å². The molecule has 316 valence electrons. The molecule has 0 N–H and O–H groups in total. The van der Waals surface area contributed by atoms with Crippen molar-refractivity contribution in [3.8, 4) is 11.1 Å². The summed E-state index contributed by atoms with van der Waals surface area (Å²) in [7, 11) is 0. The first-order valence-corrected chi connectivity index (χ1v) is 25.1. The van der Waals surface area contributed by atoms with E-state index >= 15 is 0 Å². The number of unbranched alkanes of at least 4 members (excludes halogenated alkanes) is 2. The largest absolute Gasteiger partial charge is 0.0654 e. The van der Waals surface area contributed by atoms with E-state index in [0.717, 1.165) is 47.3 Å². The fourth-order valence-corrected chi connectivity index (χ4v) is 11.7. The van der Waals surface area contributed by atoms with Gasteiger partial charge in [-0.2, -0.15) is 0 Å². The van der Waals surface area contributed by atoms with E-state index in [-0.39, 0.29) is 0 Å². The molecule has 57 heavy (non-hydrogen) atoms. The number of aryl methyl sites for hydroxylation is 3. The Morgan fingerprint density at radius 3 is 1.18 bits per heavy atom. The summed E-state index contributed by atoms with van der Waals surface area (Å²) >= 11 is 0. The standard InChI is InChI=1S/C22H34.C18H22.C17H32/c1-3-4-18-7-11-20(12-8-18)22-15-13-21(14-16-22)19-9-5-17(2)6-10-19;1-3-4-5-6-16-9-13-18(14-10-16)17-11-7-15(2)8-12-17;1-3-5-15-8-12-17(13-9-15)16-10-6-14(4-2)7-11-16/h5-6,9-10,18,20-22H,3-4,7-8,11-16H2,1-2H3;7-14H,3-6H2,1-2H3;14-17H,3-13H2,1-2H3. The van der Waals surface area contributed by atoms with Gasteiger partial charge in [-0.3, -0.25) is 0 Å². The Labute approximate surface area is 354 Å². The van der Waals surface area contributed by atoms with Gasteiger partial charge in [-0.25, -0.2) is 0 Å². The summed E-state index contributed by atoms with van der Waals surface area (Å²) in [4.78, 5) is 0. The average molecular weight is 773 g/mol. The van der Waals surface area contributed by atoms with Crippen molar-refractivity contribution in [1.29, 1.82) is 0 Å². The van der Waals surface area contributed by atoms with Gasteiger partial charge in [0.05, 0.1) is 0 Å². The number of hydrogen-bond acceptors (Lipinski definition) is 0. The van der Waals surface area contributed by atoms with Crippen molar-refractivity contribution in [2.75, 3.05) is 0 Å². The minimum Gasteiger partial charge on any atom is -0.0654 e. The van der Waals surface area contributed by atoms with Crippen molar-refractivity contribution >= 4 is 0 Å². The van der Waals surface area contributed by atoms with E-state index in [2.05, 4.69) is 114 Å². The molecule has 0 aliphatic heterocycles. The first-order valence-electron chi connectivity index (χ1n) is 25.1. The Morgan fingerprint density at radius 2 is 0.772 bits per heavy atom. The van der Waals surface area contributed by atoms with Gasteiger partial charge in [0.25, 0.3) is 0 Å². The minimum atomic E-state index is 0.841. The lowest BCUT2D eigenvalue weighted by Crippen LogP contribution is -2.25. The van der Waals surface area contributed by atoms with Gasteiger partial charge in [0, 0.05) is 0 Å². The van der Waals surface area contributed by atoms with Gasteiger partial charge < -0.3 is 0 Å². The first-order chi connectivity index (χ1) is 27.9. The summed E-state index contributed by atoms with van der Waals surface area (Å²) in [6.45, 7) is 13.6. The van der Waals surface area contributed by atoms with Gasteiger partial charge in [0.15, 0.2) is 0 Å². The SMILES string of the molecule is CCCC1CCC(C2CCC(CC)CC2)CC1.CCCC1CCC(C2CCC(c3ccc(C)cc3)CC2)CC1.CCCCCc1ccc(-c2ccc(C)cc2)cc1. The van der Waals surface area contributed by atoms with Gasteiger partial charge >= 0.3 is 0 Å². The Kier molecular flexibility index (Phi) is 20.3. The summed E-state index contributed by atoms with van der Waals surface area (Å²) in [5, 5.41) is 0. The predicted molar refractivity (Wildman–Crippen MR) is 252 cm³/mol. The number of benzene rings is 3. The molecule has 3 aromatic rings. The van der Waals surface area contributed by atoms with Crippen molar-refractivity contribution in [3.05, 3.63) is 95.1 Å². The van der Waals surface area contributed by atoms with E-state index in [4.69, 9.17) is 0 Å². The van der Waals surface area contributed by atoms with Gasteiger partial charge in [0.1, 0.15) is 0 Å². The maximum Gasteiger partial charge on any atom is -0.0162 e. The van der Waals surface area contributed by atoms with E-state index in [9.17, 15) is 0 Å². The van der Waals surface area contributed by atoms with Crippen LogP contribution in [0.4, 0.5) is 0 Å². The molecule has 4 saturated carbocycles. The molecular formula is C57H88. The molecule has 0 amide bonds. The molecule has 0 heterocycles. The molecule has 0 aromatic heterocycles. The third-order valence-corrected chi connectivity index (χ3v) is 15.7. The molecule has 0 atom stereocenters. The third-order valence-electron chi connectivity index (χ3n) is 15.7. The van der Waals surface area contributed by atoms with Crippen LogP contribution in [-0.2, 0) is 6.42 Å². The fraction of sp³-hybridized carbons (Fsp3) is 0.684. The molecular weight excluding hydrogens is 685 g/mol. The van der Waals surface area contributed by atoms with Crippen LogP contribution in [0.15, 0.2) is 72.8 Å². The zero-order chi connectivity index (χ0) is 40.2. The molecule has 7 rings (SSSR count). The Morgan fingerprint density at radius 1 is 0.386 bits per heavy atom. The Bertz CT molecular complexity index is 1430. The Balaban J connectivity index is 0.000000165. The maximum atomic E-state index is 2.38. The summed E-state index contributed by atoms with van der Waals surface area (Å²) in [6.07, 6.45) is 36.7. The second kappa shape index (κ2) is 25.3. The minimum absolute atomic E-state index is 0.841. The smallest absolute Gasteiger partial charge is 0.0162 e. The van der Waals surface area contributed by atoms with E-state index in [1.54, 1.807) is 44.1 Å². The lowest BCUT2D eigenvalue weighted by atomic mass is 9.68. The molecule has 0 bridgehead atoms. The molecule has 3 aromatic carbocycles. The van der Waals surface area contributed by atoms with Crippen LogP contribution in [-0.4, -0.2) is 0 Å². The molecule has 4 fully saturated rings. The quantitative estimate of drug-likeness (QED) is 0.152. The van der Waals surface area contributed by atoms with Crippen LogP contribution in [0.3, 0.4) is 0 Å². The second-order valence-electron chi connectivity index (χ2n) is 19.9. The summed E-state index contributed by atoms with van der Waals surface area (Å²) in [5.41, 5.74) is 8.38. The topological polar surface area (TPSA) is 0 Å². The van der Waals surface area contributed by atoms with Gasteiger partial charge in [-0.15, -0.1) is 0 Å². The third kappa shape index (κ3) is 15.3. The van der Waals surface area contributed by atoms with Crippen LogP contribution in [0.2, 0.25) is 0 Å². The summed E-state index contributed by atoms with van der Waals surface area (Å²) < 4.78 is 0. The van der Waals surface area contributed by atoms with Crippen molar-refractivity contribution < 1.29 is 0 Å². The van der Waals surface area contributed by atoms with Crippen LogP contribution in [0, 0.1) is 55.3 Å². The van der Waals surface area contributed by atoms with E-state index < -0.39 is 0 Å². The van der Waals surface area contributed by atoms with Crippen molar-refractivity contribution in [2.24, 2.45) is 41.4 Å². The van der Waals surface area contributed by atoms with E-state index in [1.807, 2.05) is 0 Å². The van der Waals surface area contributed by atoms with Crippen molar-refractivity contribution in [3.63, 3.8) is 0 Å². The zero-order valence-electron chi connectivity index (χ0n) is 38.2. The van der Waals surface area contributed by atoms with Crippen LogP contribution < -0.4 is 0 Å². The van der Waals surface area contributed by atoms with Crippen molar-refractivity contribution in [2.45, 2.75) is 208 Å². The van der Waals surface area contributed by atoms with E-state index in [1.165, 1.54) is 150 Å². The van der Waals surface area contributed by atoms with Crippen LogP contribution in [0.1, 0.15) is 210 Å². The predicted octanol–water partition coefficient (Wildman–Crippen LogP) is 18.1. The van der Waals surface area contributed by atoms with Gasteiger partial charge in [-0.1, -0.05) is 195 Å². The lowest BCUT2D eigenvalue weighted by Gasteiger charge is -2.38. The molecule has 0 unspecified atom stereocenters. The molecule has 4 aliphatic carbocycles. The molecule has 0 radical (unpaired) electrons. The lowest BCUT2D eigenvalue weighted by molar-refractivity contribution is 0.142. The molecule has 0 heteroatoms. The molecule has 0 spiro atoms. The first kappa shape index (κ1) is 45.7. The monoisotopic (exact) mass is 773 g/mol.